The molecule has 0 bridgehead atoms. The molecule has 1 aliphatic heterocycles. The number of aliphatic hydroxyl groups is 1. The summed E-state index contributed by atoms with van der Waals surface area (Å²) in [4.78, 5) is 12.8. The van der Waals surface area contributed by atoms with E-state index in [0.717, 1.165) is 43.0 Å². The molecule has 1 aliphatic rings. The molecule has 1 aromatic heterocycles. The predicted molar refractivity (Wildman–Crippen MR) is 84.6 cm³/mol. The van der Waals surface area contributed by atoms with Crippen LogP contribution in [-0.4, -0.2) is 66.4 Å². The number of nitrogens with one attached hydrogen (secondary N) is 2. The maximum absolute atomic E-state index is 8.82. The quantitative estimate of drug-likeness (QED) is 0.695. The number of benzene rings is 1. The fraction of sp³-hybridized carbons (Fsp3) is 0.533. The van der Waals surface area contributed by atoms with Crippen LogP contribution in [0.1, 0.15) is 5.82 Å². The number of H-pyrrole nitrogens is 1. The highest BCUT2D eigenvalue weighted by molar-refractivity contribution is 5.89. The summed E-state index contributed by atoms with van der Waals surface area (Å²) in [7, 11) is 2.16. The zero-order chi connectivity index (χ0) is 14.7. The van der Waals surface area contributed by atoms with E-state index in [9.17, 15) is 0 Å². The van der Waals surface area contributed by atoms with Gasteiger partial charge >= 0.3 is 0 Å². The van der Waals surface area contributed by atoms with Crippen molar-refractivity contribution in [2.75, 3.05) is 51.3 Å². The molecule has 6 nitrogen and oxygen atoms in total. The molecule has 0 unspecified atom stereocenters. The van der Waals surface area contributed by atoms with Gasteiger partial charge in [-0.25, -0.2) is 4.98 Å². The van der Waals surface area contributed by atoms with E-state index in [1.807, 2.05) is 0 Å². The highest BCUT2D eigenvalue weighted by Crippen LogP contribution is 2.25. The van der Waals surface area contributed by atoms with Crippen LogP contribution >= 0.6 is 0 Å². The highest BCUT2D eigenvalue weighted by atomic mass is 16.3. The van der Waals surface area contributed by atoms with Crippen molar-refractivity contribution in [3.05, 3.63) is 24.0 Å². The first-order valence-electron chi connectivity index (χ1n) is 7.50. The lowest BCUT2D eigenvalue weighted by Crippen LogP contribution is -2.44. The molecule has 1 aromatic carbocycles. The number of fused-ring (bicyclic) bond motifs is 1. The van der Waals surface area contributed by atoms with E-state index in [2.05, 4.69) is 45.3 Å². The van der Waals surface area contributed by atoms with E-state index in [-0.39, 0.29) is 6.61 Å². The molecule has 2 heterocycles. The molecule has 3 N–H and O–H groups in total. The molecule has 2 aromatic rings. The minimum absolute atomic E-state index is 0.146. The molecule has 1 fully saturated rings. The molecule has 0 saturated carbocycles. The second kappa shape index (κ2) is 6.43. The Hall–Kier alpha value is -1.63. The van der Waals surface area contributed by atoms with Gasteiger partial charge in [0.25, 0.3) is 0 Å². The topological polar surface area (TPSA) is 67.4 Å². The number of hydrogen-bond donors (Lipinski definition) is 3. The Kier molecular flexibility index (Phi) is 4.38. The molecular weight excluding hydrogens is 266 g/mol. The van der Waals surface area contributed by atoms with Gasteiger partial charge in [0, 0.05) is 32.7 Å². The van der Waals surface area contributed by atoms with E-state index < -0.39 is 0 Å². The van der Waals surface area contributed by atoms with Gasteiger partial charge in [0.05, 0.1) is 24.4 Å². The Morgan fingerprint density at radius 2 is 2.10 bits per heavy atom. The first-order valence-corrected chi connectivity index (χ1v) is 7.50. The highest BCUT2D eigenvalue weighted by Gasteiger charge is 2.17. The van der Waals surface area contributed by atoms with Crippen LogP contribution in [0, 0.1) is 0 Å². The predicted octanol–water partition coefficient (Wildman–Crippen LogP) is 0.397. The number of rotatable bonds is 5. The van der Waals surface area contributed by atoms with Gasteiger partial charge in [0.15, 0.2) is 0 Å². The summed E-state index contributed by atoms with van der Waals surface area (Å²) in [5.41, 5.74) is 3.33. The van der Waals surface area contributed by atoms with E-state index in [1.165, 1.54) is 5.69 Å². The van der Waals surface area contributed by atoms with Gasteiger partial charge in [-0.3, -0.25) is 0 Å². The molecular formula is C15H23N5O. The van der Waals surface area contributed by atoms with Gasteiger partial charge in [0.2, 0.25) is 0 Å². The van der Waals surface area contributed by atoms with Crippen molar-refractivity contribution < 1.29 is 5.11 Å². The van der Waals surface area contributed by atoms with Crippen molar-refractivity contribution in [1.82, 2.24) is 20.2 Å². The van der Waals surface area contributed by atoms with Crippen LogP contribution in [0.3, 0.4) is 0 Å². The normalized spacial score (nSPS) is 16.8. The van der Waals surface area contributed by atoms with Gasteiger partial charge in [-0.1, -0.05) is 6.07 Å². The van der Waals surface area contributed by atoms with Crippen LogP contribution in [0.15, 0.2) is 18.2 Å². The first kappa shape index (κ1) is 14.3. The second-order valence-electron chi connectivity index (χ2n) is 5.55. The number of nitrogens with zero attached hydrogens (tertiary/aromatic N) is 3. The number of imidazole rings is 1. The average Bonchev–Trinajstić information content (AvgIpc) is 2.91. The van der Waals surface area contributed by atoms with Gasteiger partial charge in [-0.05, 0) is 19.2 Å². The molecule has 0 atom stereocenters. The summed E-state index contributed by atoms with van der Waals surface area (Å²) in [5, 5.41) is 12.0. The number of piperazine rings is 1. The summed E-state index contributed by atoms with van der Waals surface area (Å²) in [6.45, 7) is 5.64. The van der Waals surface area contributed by atoms with Crippen LogP contribution in [0.25, 0.3) is 11.0 Å². The van der Waals surface area contributed by atoms with Crippen molar-refractivity contribution in [3.63, 3.8) is 0 Å². The third-order valence-corrected chi connectivity index (χ3v) is 3.97. The lowest BCUT2D eigenvalue weighted by molar-refractivity contribution is 0.291. The summed E-state index contributed by atoms with van der Waals surface area (Å²) < 4.78 is 0. The van der Waals surface area contributed by atoms with Crippen LogP contribution in [0.2, 0.25) is 0 Å². The van der Waals surface area contributed by atoms with E-state index in [4.69, 9.17) is 10.1 Å². The molecule has 1 saturated heterocycles. The number of likely N-dealkylation sites (N-methyl/N-ethyl adjacent to an activating group) is 1. The minimum Gasteiger partial charge on any atom is -0.395 e. The maximum Gasteiger partial charge on any atom is 0.121 e. The van der Waals surface area contributed by atoms with Gasteiger partial charge in [0.1, 0.15) is 11.3 Å². The Bertz CT molecular complexity index is 589. The SMILES string of the molecule is CN1CCN(c2cccc3[nH]c(CNCCO)nc23)CC1. The molecule has 0 amide bonds. The molecule has 21 heavy (non-hydrogen) atoms. The van der Waals surface area contributed by atoms with Crippen LogP contribution < -0.4 is 10.2 Å². The fourth-order valence-corrected chi connectivity index (χ4v) is 2.74. The number of aromatic amines is 1. The second-order valence-corrected chi connectivity index (χ2v) is 5.55. The first-order chi connectivity index (χ1) is 10.3. The smallest absolute Gasteiger partial charge is 0.121 e. The van der Waals surface area contributed by atoms with Gasteiger partial charge in [-0.15, -0.1) is 0 Å². The van der Waals surface area contributed by atoms with Crippen molar-refractivity contribution in [1.29, 1.82) is 0 Å². The molecule has 3 rings (SSSR count). The molecule has 0 spiro atoms. The van der Waals surface area contributed by atoms with Gasteiger partial charge < -0.3 is 25.2 Å². The van der Waals surface area contributed by atoms with Crippen molar-refractivity contribution in [2.24, 2.45) is 0 Å². The molecule has 0 radical (unpaired) electrons. The summed E-state index contributed by atoms with van der Waals surface area (Å²) in [6.07, 6.45) is 0. The summed E-state index contributed by atoms with van der Waals surface area (Å²) >= 11 is 0. The lowest BCUT2D eigenvalue weighted by Gasteiger charge is -2.34. The maximum atomic E-state index is 8.82. The Balaban J connectivity index is 1.82. The van der Waals surface area contributed by atoms with Crippen molar-refractivity contribution >= 4 is 16.7 Å². The molecule has 0 aliphatic carbocycles. The molecule has 114 valence electrons. The Morgan fingerprint density at radius 3 is 2.86 bits per heavy atom. The molecule has 6 heteroatoms. The minimum atomic E-state index is 0.146. The number of aliphatic hydroxyl groups excluding tert-OH is 1. The monoisotopic (exact) mass is 289 g/mol. The van der Waals surface area contributed by atoms with Gasteiger partial charge in [-0.2, -0.15) is 0 Å². The van der Waals surface area contributed by atoms with Crippen molar-refractivity contribution in [3.8, 4) is 0 Å². The van der Waals surface area contributed by atoms with Crippen LogP contribution in [0.4, 0.5) is 5.69 Å². The lowest BCUT2D eigenvalue weighted by atomic mass is 10.2. The third-order valence-electron chi connectivity index (χ3n) is 3.97. The fourth-order valence-electron chi connectivity index (χ4n) is 2.74. The zero-order valence-electron chi connectivity index (χ0n) is 12.5. The number of hydrogen-bond acceptors (Lipinski definition) is 5. The van der Waals surface area contributed by atoms with E-state index in [1.54, 1.807) is 0 Å². The van der Waals surface area contributed by atoms with Crippen LogP contribution in [0.5, 0.6) is 0 Å². The van der Waals surface area contributed by atoms with Crippen molar-refractivity contribution in [2.45, 2.75) is 6.54 Å². The third kappa shape index (κ3) is 3.18. The van der Waals surface area contributed by atoms with E-state index >= 15 is 0 Å². The Morgan fingerprint density at radius 1 is 1.29 bits per heavy atom. The zero-order valence-corrected chi connectivity index (χ0v) is 12.5. The largest absolute Gasteiger partial charge is 0.395 e. The Labute approximate surface area is 124 Å². The average molecular weight is 289 g/mol. The number of aromatic nitrogens is 2. The summed E-state index contributed by atoms with van der Waals surface area (Å²) in [6, 6.07) is 6.30. The number of para-hydroxylation sites is 1. The van der Waals surface area contributed by atoms with Crippen LogP contribution in [-0.2, 0) is 6.54 Å². The summed E-state index contributed by atoms with van der Waals surface area (Å²) in [5.74, 6) is 0.917. The van der Waals surface area contributed by atoms with E-state index in [0.29, 0.717) is 13.1 Å². The standard InChI is InChI=1S/C15H23N5O/c1-19-6-8-20(9-7-19)13-4-2-3-12-15(13)18-14(17-12)11-16-5-10-21/h2-4,16,21H,5-11H2,1H3,(H,17,18). The number of anilines is 1.